The molecule has 0 aliphatic rings. The van der Waals surface area contributed by atoms with Gasteiger partial charge in [-0.05, 0) is 29.8 Å². The number of amides is 1. The van der Waals surface area contributed by atoms with Crippen LogP contribution in [0.15, 0.2) is 36.4 Å². The van der Waals surface area contributed by atoms with E-state index in [1.165, 1.54) is 7.11 Å². The van der Waals surface area contributed by atoms with Crippen LogP contribution in [0.4, 0.5) is 5.95 Å². The first kappa shape index (κ1) is 17.4. The molecule has 4 N–H and O–H groups in total. The van der Waals surface area contributed by atoms with E-state index in [2.05, 4.69) is 15.3 Å². The fourth-order valence-corrected chi connectivity index (χ4v) is 2.67. The highest BCUT2D eigenvalue weighted by Gasteiger charge is 2.21. The van der Waals surface area contributed by atoms with Gasteiger partial charge in [0.2, 0.25) is 11.9 Å². The number of carbonyl (C=O) groups excluding carboxylic acids is 1. The van der Waals surface area contributed by atoms with Crippen LogP contribution in [-0.4, -0.2) is 37.2 Å². The normalized spacial score (nSPS) is 11.8. The highest BCUT2D eigenvalue weighted by molar-refractivity contribution is 5.85. The van der Waals surface area contributed by atoms with Gasteiger partial charge in [-0.1, -0.05) is 6.07 Å². The van der Waals surface area contributed by atoms with E-state index in [4.69, 9.17) is 19.9 Å². The number of rotatable bonds is 7. The van der Waals surface area contributed by atoms with E-state index in [1.807, 2.05) is 12.1 Å². The second-order valence-electron chi connectivity index (χ2n) is 5.56. The van der Waals surface area contributed by atoms with Gasteiger partial charge in [0.15, 0.2) is 11.5 Å². The summed E-state index contributed by atoms with van der Waals surface area (Å²) < 4.78 is 15.7. The second-order valence-corrected chi connectivity index (χ2v) is 5.56. The van der Waals surface area contributed by atoms with Crippen molar-refractivity contribution in [3.8, 4) is 17.2 Å². The van der Waals surface area contributed by atoms with Crippen LogP contribution in [0.25, 0.3) is 11.0 Å². The van der Waals surface area contributed by atoms with Crippen molar-refractivity contribution in [2.45, 2.75) is 6.04 Å². The van der Waals surface area contributed by atoms with E-state index < -0.39 is 11.9 Å². The number of nitrogens with one attached hydrogen (secondary N) is 2. The van der Waals surface area contributed by atoms with E-state index in [0.717, 1.165) is 5.52 Å². The molecule has 0 radical (unpaired) electrons. The summed E-state index contributed by atoms with van der Waals surface area (Å²) in [5, 5.41) is 3.03. The molecule has 0 fully saturated rings. The van der Waals surface area contributed by atoms with Crippen molar-refractivity contribution in [3.63, 3.8) is 0 Å². The lowest BCUT2D eigenvalue weighted by Crippen LogP contribution is -2.28. The molecule has 8 nitrogen and oxygen atoms in total. The van der Waals surface area contributed by atoms with Crippen LogP contribution in [-0.2, 0) is 4.79 Å². The van der Waals surface area contributed by atoms with Crippen molar-refractivity contribution in [3.05, 3.63) is 42.0 Å². The summed E-state index contributed by atoms with van der Waals surface area (Å²) in [6.45, 7) is 0. The Kier molecular flexibility index (Phi) is 4.83. The number of primary amides is 1. The molecule has 8 heteroatoms. The van der Waals surface area contributed by atoms with Gasteiger partial charge in [-0.25, -0.2) is 4.98 Å². The number of fused-ring (bicyclic) bond motifs is 1. The third-order valence-corrected chi connectivity index (χ3v) is 4.00. The van der Waals surface area contributed by atoms with Crippen LogP contribution < -0.4 is 25.3 Å². The van der Waals surface area contributed by atoms with Gasteiger partial charge in [-0.3, -0.25) is 4.79 Å². The number of imidazole rings is 1. The lowest BCUT2D eigenvalue weighted by atomic mass is 10.1. The molecule has 3 aromatic rings. The molecule has 3 rings (SSSR count). The number of H-pyrrole nitrogens is 1. The first-order valence-corrected chi connectivity index (χ1v) is 7.87. The third-order valence-electron chi connectivity index (χ3n) is 4.00. The summed E-state index contributed by atoms with van der Waals surface area (Å²) in [4.78, 5) is 19.5. The maximum atomic E-state index is 12.0. The van der Waals surface area contributed by atoms with E-state index in [-0.39, 0.29) is 0 Å². The van der Waals surface area contributed by atoms with Crippen molar-refractivity contribution in [2.24, 2.45) is 5.73 Å². The van der Waals surface area contributed by atoms with Gasteiger partial charge in [0.1, 0.15) is 11.8 Å². The predicted molar refractivity (Wildman–Crippen MR) is 97.7 cm³/mol. The molecule has 0 saturated carbocycles. The summed E-state index contributed by atoms with van der Waals surface area (Å²) in [6.07, 6.45) is 0. The van der Waals surface area contributed by atoms with Crippen LogP contribution in [0, 0.1) is 0 Å². The molecular weight excluding hydrogens is 336 g/mol. The number of hydrogen-bond donors (Lipinski definition) is 3. The molecule has 0 saturated heterocycles. The van der Waals surface area contributed by atoms with E-state index in [0.29, 0.717) is 34.3 Å². The number of carbonyl (C=O) groups is 1. The largest absolute Gasteiger partial charge is 0.497 e. The molecule has 1 heterocycles. The molecule has 0 aliphatic heterocycles. The second kappa shape index (κ2) is 7.22. The number of ether oxygens (including phenoxy) is 3. The monoisotopic (exact) mass is 356 g/mol. The smallest absolute Gasteiger partial charge is 0.244 e. The first-order chi connectivity index (χ1) is 12.5. The number of aromatic amines is 1. The number of methoxy groups -OCH3 is 3. The quantitative estimate of drug-likeness (QED) is 0.598. The Morgan fingerprint density at radius 3 is 2.50 bits per heavy atom. The molecule has 1 amide bonds. The van der Waals surface area contributed by atoms with Crippen molar-refractivity contribution in [2.75, 3.05) is 26.6 Å². The molecule has 0 spiro atoms. The number of nitrogens with zero attached hydrogens (tertiary/aromatic N) is 1. The van der Waals surface area contributed by atoms with Gasteiger partial charge in [0.25, 0.3) is 0 Å². The Balaban J connectivity index is 1.93. The zero-order chi connectivity index (χ0) is 18.7. The predicted octanol–water partition coefficient (Wildman–Crippen LogP) is 2.23. The zero-order valence-corrected chi connectivity index (χ0v) is 14.7. The van der Waals surface area contributed by atoms with Crippen LogP contribution in [0.5, 0.6) is 17.2 Å². The SMILES string of the molecule is COc1ccc2[nH]c(NC(C(N)=O)c3ccc(OC)c(OC)c3)nc2c1. The van der Waals surface area contributed by atoms with Gasteiger partial charge in [0.05, 0.1) is 32.4 Å². The molecule has 1 unspecified atom stereocenters. The lowest BCUT2D eigenvalue weighted by Gasteiger charge is -2.17. The molecule has 0 aliphatic carbocycles. The van der Waals surface area contributed by atoms with E-state index in [1.54, 1.807) is 38.5 Å². The van der Waals surface area contributed by atoms with E-state index in [9.17, 15) is 4.79 Å². The summed E-state index contributed by atoms with van der Waals surface area (Å²) >= 11 is 0. The Bertz CT molecular complexity index is 938. The van der Waals surface area contributed by atoms with Crippen LogP contribution in [0.2, 0.25) is 0 Å². The molecule has 1 aromatic heterocycles. The Morgan fingerprint density at radius 1 is 1.08 bits per heavy atom. The standard InChI is InChI=1S/C18H20N4O4/c1-24-11-5-6-12-13(9-11)21-18(20-12)22-16(17(19)23)10-4-7-14(25-2)15(8-10)26-3/h4-9,16H,1-3H3,(H2,19,23)(H2,20,21,22). The van der Waals surface area contributed by atoms with Crippen molar-refractivity contribution < 1.29 is 19.0 Å². The van der Waals surface area contributed by atoms with Gasteiger partial charge in [0, 0.05) is 6.07 Å². The number of anilines is 1. The topological polar surface area (TPSA) is 111 Å². The maximum absolute atomic E-state index is 12.0. The minimum absolute atomic E-state index is 0.423. The summed E-state index contributed by atoms with van der Waals surface area (Å²) in [5.74, 6) is 1.65. The zero-order valence-electron chi connectivity index (χ0n) is 14.7. The first-order valence-electron chi connectivity index (χ1n) is 7.87. The van der Waals surface area contributed by atoms with Gasteiger partial charge in [-0.15, -0.1) is 0 Å². The average Bonchev–Trinajstić information content (AvgIpc) is 3.06. The van der Waals surface area contributed by atoms with Crippen LogP contribution in [0.3, 0.4) is 0 Å². The molecule has 26 heavy (non-hydrogen) atoms. The minimum Gasteiger partial charge on any atom is -0.497 e. The molecule has 1 atom stereocenters. The fraction of sp³-hybridized carbons (Fsp3) is 0.222. The van der Waals surface area contributed by atoms with Crippen LogP contribution >= 0.6 is 0 Å². The molecule has 0 bridgehead atoms. The summed E-state index contributed by atoms with van der Waals surface area (Å²) in [7, 11) is 4.66. The summed E-state index contributed by atoms with van der Waals surface area (Å²) in [5.41, 5.74) is 7.74. The Labute approximate surface area is 150 Å². The van der Waals surface area contributed by atoms with Crippen molar-refractivity contribution in [1.82, 2.24) is 9.97 Å². The number of aromatic nitrogens is 2. The Hall–Kier alpha value is -3.42. The Morgan fingerprint density at radius 2 is 1.85 bits per heavy atom. The van der Waals surface area contributed by atoms with Gasteiger partial charge >= 0.3 is 0 Å². The highest BCUT2D eigenvalue weighted by Crippen LogP contribution is 2.31. The molecular formula is C18H20N4O4. The third kappa shape index (κ3) is 3.34. The number of hydrogen-bond acceptors (Lipinski definition) is 6. The van der Waals surface area contributed by atoms with Gasteiger partial charge < -0.3 is 30.2 Å². The maximum Gasteiger partial charge on any atom is 0.244 e. The van der Waals surface area contributed by atoms with Crippen molar-refractivity contribution >= 4 is 22.9 Å². The van der Waals surface area contributed by atoms with Crippen LogP contribution in [0.1, 0.15) is 11.6 Å². The summed E-state index contributed by atoms with van der Waals surface area (Å²) in [6, 6.07) is 9.84. The molecule has 2 aromatic carbocycles. The minimum atomic E-state index is -0.794. The lowest BCUT2D eigenvalue weighted by molar-refractivity contribution is -0.118. The molecule has 136 valence electrons. The number of benzene rings is 2. The average molecular weight is 356 g/mol. The van der Waals surface area contributed by atoms with E-state index >= 15 is 0 Å². The highest BCUT2D eigenvalue weighted by atomic mass is 16.5. The van der Waals surface area contributed by atoms with Gasteiger partial charge in [-0.2, -0.15) is 0 Å². The van der Waals surface area contributed by atoms with Crippen molar-refractivity contribution in [1.29, 1.82) is 0 Å². The fourth-order valence-electron chi connectivity index (χ4n) is 2.67. The number of nitrogens with two attached hydrogens (primary N) is 1.